The summed E-state index contributed by atoms with van der Waals surface area (Å²) in [4.78, 5) is 13.1. The van der Waals surface area contributed by atoms with Crippen LogP contribution in [0.2, 0.25) is 5.02 Å². The highest BCUT2D eigenvalue weighted by molar-refractivity contribution is 7.93. The van der Waals surface area contributed by atoms with E-state index in [2.05, 4.69) is 6.92 Å². The minimum Gasteiger partial charge on any atom is -0.267 e. The van der Waals surface area contributed by atoms with Gasteiger partial charge in [-0.1, -0.05) is 49.2 Å². The topological polar surface area (TPSA) is 54.5 Å². The zero-order valence-corrected chi connectivity index (χ0v) is 18.0. The minimum atomic E-state index is -4.31. The second-order valence-corrected chi connectivity index (χ2v) is 9.00. The summed E-state index contributed by atoms with van der Waals surface area (Å²) in [5, 5.41) is 0.362. The van der Waals surface area contributed by atoms with E-state index in [1.807, 2.05) is 0 Å². The lowest BCUT2D eigenvalue weighted by Crippen LogP contribution is -2.37. The highest BCUT2D eigenvalue weighted by Crippen LogP contribution is 2.28. The van der Waals surface area contributed by atoms with E-state index in [0.717, 1.165) is 30.9 Å². The van der Waals surface area contributed by atoms with Crippen molar-refractivity contribution in [2.75, 3.05) is 4.31 Å². The third-order valence-electron chi connectivity index (χ3n) is 4.63. The van der Waals surface area contributed by atoms with E-state index < -0.39 is 21.7 Å². The van der Waals surface area contributed by atoms with Crippen LogP contribution in [0.1, 0.15) is 35.7 Å². The van der Waals surface area contributed by atoms with Crippen LogP contribution in [0.4, 0.5) is 10.1 Å². The number of sulfonamides is 1. The van der Waals surface area contributed by atoms with Crippen molar-refractivity contribution in [3.8, 4) is 0 Å². The molecule has 156 valence electrons. The van der Waals surface area contributed by atoms with Crippen LogP contribution in [0, 0.1) is 5.82 Å². The van der Waals surface area contributed by atoms with Gasteiger partial charge in [-0.3, -0.25) is 4.79 Å². The Bertz CT molecular complexity index is 1130. The van der Waals surface area contributed by atoms with E-state index in [-0.39, 0.29) is 16.1 Å². The maximum absolute atomic E-state index is 14.3. The number of rotatable bonds is 7. The summed E-state index contributed by atoms with van der Waals surface area (Å²) in [7, 11) is -4.31. The Morgan fingerprint density at radius 3 is 2.20 bits per heavy atom. The Balaban J connectivity index is 2.10. The molecule has 0 aliphatic rings. The molecule has 0 heterocycles. The van der Waals surface area contributed by atoms with Gasteiger partial charge < -0.3 is 0 Å². The minimum absolute atomic E-state index is 0.119. The van der Waals surface area contributed by atoms with Crippen molar-refractivity contribution < 1.29 is 17.6 Å². The van der Waals surface area contributed by atoms with E-state index in [1.165, 1.54) is 42.5 Å². The standard InChI is InChI=1S/C23H21ClFNO3S/c1-2-3-6-17-9-13-19(14-10-17)26(23(27)21-7-4-5-8-22(21)25)30(28,29)20-15-11-18(24)12-16-20/h4-5,7-16H,2-3,6H2,1H3. The summed E-state index contributed by atoms with van der Waals surface area (Å²) >= 11 is 5.87. The van der Waals surface area contributed by atoms with Crippen LogP contribution in [0.3, 0.4) is 0 Å². The molecule has 3 aromatic rings. The third kappa shape index (κ3) is 4.71. The van der Waals surface area contributed by atoms with E-state index >= 15 is 0 Å². The fraction of sp³-hybridized carbons (Fsp3) is 0.174. The molecule has 0 aliphatic carbocycles. The van der Waals surface area contributed by atoms with Crippen LogP contribution < -0.4 is 4.31 Å². The van der Waals surface area contributed by atoms with Crippen molar-refractivity contribution in [3.05, 3.63) is 94.8 Å². The Labute approximate surface area is 181 Å². The molecule has 0 saturated carbocycles. The van der Waals surface area contributed by atoms with Crippen LogP contribution in [-0.4, -0.2) is 14.3 Å². The average molecular weight is 446 g/mol. The highest BCUT2D eigenvalue weighted by Gasteiger charge is 2.33. The van der Waals surface area contributed by atoms with Crippen LogP contribution in [-0.2, 0) is 16.4 Å². The molecule has 0 aliphatic heterocycles. The zero-order valence-electron chi connectivity index (χ0n) is 16.4. The summed E-state index contributed by atoms with van der Waals surface area (Å²) in [5.41, 5.74) is 0.839. The number of halogens is 2. The normalized spacial score (nSPS) is 11.3. The van der Waals surface area contributed by atoms with Crippen molar-refractivity contribution >= 4 is 33.2 Å². The lowest BCUT2D eigenvalue weighted by atomic mass is 10.1. The monoisotopic (exact) mass is 445 g/mol. The van der Waals surface area contributed by atoms with Crippen LogP contribution in [0.15, 0.2) is 77.7 Å². The highest BCUT2D eigenvalue weighted by atomic mass is 35.5. The molecule has 30 heavy (non-hydrogen) atoms. The van der Waals surface area contributed by atoms with E-state index in [1.54, 1.807) is 24.3 Å². The molecule has 0 unspecified atom stereocenters. The predicted octanol–water partition coefficient (Wildman–Crippen LogP) is 5.86. The van der Waals surface area contributed by atoms with E-state index in [0.29, 0.717) is 9.33 Å². The number of aryl methyl sites for hydroxylation is 1. The molecule has 0 N–H and O–H groups in total. The molecule has 0 fully saturated rings. The molecular weight excluding hydrogens is 425 g/mol. The Kier molecular flexibility index (Phi) is 6.90. The lowest BCUT2D eigenvalue weighted by molar-refractivity contribution is 0.100. The number of amides is 1. The molecular formula is C23H21ClFNO3S. The first-order valence-corrected chi connectivity index (χ1v) is 11.3. The molecule has 0 radical (unpaired) electrons. The molecule has 0 bridgehead atoms. The maximum Gasteiger partial charge on any atom is 0.275 e. The Morgan fingerprint density at radius 1 is 0.967 bits per heavy atom. The molecule has 0 atom stereocenters. The van der Waals surface area contributed by atoms with Crippen molar-refractivity contribution in [2.24, 2.45) is 0 Å². The number of anilines is 1. The van der Waals surface area contributed by atoms with Crippen molar-refractivity contribution in [1.82, 2.24) is 0 Å². The quantitative estimate of drug-likeness (QED) is 0.457. The number of unbranched alkanes of at least 4 members (excludes halogenated alkanes) is 1. The average Bonchev–Trinajstić information content (AvgIpc) is 2.73. The van der Waals surface area contributed by atoms with Gasteiger partial charge in [-0.05, 0) is 66.9 Å². The van der Waals surface area contributed by atoms with Gasteiger partial charge in [-0.2, -0.15) is 4.31 Å². The first kappa shape index (κ1) is 22.0. The van der Waals surface area contributed by atoms with Gasteiger partial charge >= 0.3 is 0 Å². The number of nitrogens with zero attached hydrogens (tertiary/aromatic N) is 1. The third-order valence-corrected chi connectivity index (χ3v) is 6.61. The van der Waals surface area contributed by atoms with E-state index in [4.69, 9.17) is 11.6 Å². The predicted molar refractivity (Wildman–Crippen MR) is 117 cm³/mol. The van der Waals surface area contributed by atoms with Crippen LogP contribution in [0.5, 0.6) is 0 Å². The van der Waals surface area contributed by atoms with Gasteiger partial charge in [0.05, 0.1) is 16.1 Å². The number of hydrogen-bond donors (Lipinski definition) is 0. The van der Waals surface area contributed by atoms with Crippen LogP contribution in [0.25, 0.3) is 0 Å². The molecule has 1 amide bonds. The fourth-order valence-electron chi connectivity index (χ4n) is 3.00. The Hall–Kier alpha value is -2.70. The first-order chi connectivity index (χ1) is 14.3. The van der Waals surface area contributed by atoms with Gasteiger partial charge in [0.1, 0.15) is 5.82 Å². The fourth-order valence-corrected chi connectivity index (χ4v) is 4.53. The molecule has 7 heteroatoms. The number of carbonyl (C=O) groups excluding carboxylic acids is 1. The molecule has 0 saturated heterocycles. The largest absolute Gasteiger partial charge is 0.275 e. The number of hydrogen-bond acceptors (Lipinski definition) is 3. The number of carbonyl (C=O) groups is 1. The zero-order chi connectivity index (χ0) is 21.7. The van der Waals surface area contributed by atoms with Gasteiger partial charge in [0.2, 0.25) is 0 Å². The van der Waals surface area contributed by atoms with Crippen LogP contribution >= 0.6 is 11.6 Å². The van der Waals surface area contributed by atoms with Gasteiger partial charge in [-0.25, -0.2) is 12.8 Å². The summed E-state index contributed by atoms with van der Waals surface area (Å²) in [6.45, 7) is 2.09. The van der Waals surface area contributed by atoms with E-state index in [9.17, 15) is 17.6 Å². The van der Waals surface area contributed by atoms with Crippen molar-refractivity contribution in [2.45, 2.75) is 31.1 Å². The Morgan fingerprint density at radius 2 is 1.60 bits per heavy atom. The summed E-state index contributed by atoms with van der Waals surface area (Å²) < 4.78 is 41.7. The SMILES string of the molecule is CCCCc1ccc(N(C(=O)c2ccccc2F)S(=O)(=O)c2ccc(Cl)cc2)cc1. The lowest BCUT2D eigenvalue weighted by Gasteiger charge is -2.23. The summed E-state index contributed by atoms with van der Waals surface area (Å²) in [6, 6.07) is 17.5. The molecule has 0 aromatic heterocycles. The second kappa shape index (κ2) is 9.41. The summed E-state index contributed by atoms with van der Waals surface area (Å²) in [5.74, 6) is -1.76. The second-order valence-electron chi connectivity index (χ2n) is 6.78. The first-order valence-electron chi connectivity index (χ1n) is 9.53. The van der Waals surface area contributed by atoms with Gasteiger partial charge in [-0.15, -0.1) is 0 Å². The van der Waals surface area contributed by atoms with Crippen molar-refractivity contribution in [1.29, 1.82) is 0 Å². The number of benzene rings is 3. The van der Waals surface area contributed by atoms with Gasteiger partial charge in [0.25, 0.3) is 15.9 Å². The molecule has 3 rings (SSSR count). The smallest absolute Gasteiger partial charge is 0.267 e. The van der Waals surface area contributed by atoms with Gasteiger partial charge in [0, 0.05) is 5.02 Å². The van der Waals surface area contributed by atoms with Crippen molar-refractivity contribution in [3.63, 3.8) is 0 Å². The summed E-state index contributed by atoms with van der Waals surface area (Å²) in [6.07, 6.45) is 2.88. The van der Waals surface area contributed by atoms with Gasteiger partial charge in [0.15, 0.2) is 0 Å². The maximum atomic E-state index is 14.3. The molecule has 4 nitrogen and oxygen atoms in total. The molecule has 0 spiro atoms. The molecule has 3 aromatic carbocycles.